The molecule has 0 amide bonds. The minimum atomic E-state index is -0.993. The standard InChI is InChI=1S/C11H15NO5/c1-12-6-7(4-8(12)11(15)17-3)9(13)5-10(14)16-2/h4,6,9,13H,5H2,1-3H3/t9-/m0/s1. The van der Waals surface area contributed by atoms with E-state index in [0.717, 1.165) is 0 Å². The van der Waals surface area contributed by atoms with Crippen LogP contribution in [0.5, 0.6) is 0 Å². The Morgan fingerprint density at radius 1 is 1.41 bits per heavy atom. The SMILES string of the molecule is COC(=O)C[C@H](O)c1cc(C(=O)OC)n(C)c1. The molecule has 1 atom stereocenters. The number of nitrogens with zero attached hydrogens (tertiary/aromatic N) is 1. The minimum Gasteiger partial charge on any atom is -0.469 e. The summed E-state index contributed by atoms with van der Waals surface area (Å²) in [7, 11) is 4.18. The molecule has 1 aromatic rings. The number of aliphatic hydroxyl groups excluding tert-OH is 1. The van der Waals surface area contributed by atoms with Crippen molar-refractivity contribution < 1.29 is 24.2 Å². The fourth-order valence-electron chi connectivity index (χ4n) is 1.44. The summed E-state index contributed by atoms with van der Waals surface area (Å²) >= 11 is 0. The van der Waals surface area contributed by atoms with E-state index in [0.29, 0.717) is 11.3 Å². The highest BCUT2D eigenvalue weighted by Crippen LogP contribution is 2.20. The van der Waals surface area contributed by atoms with Crippen LogP contribution >= 0.6 is 0 Å². The van der Waals surface area contributed by atoms with E-state index < -0.39 is 18.0 Å². The number of aryl methyl sites for hydroxylation is 1. The second-order valence-corrected chi connectivity index (χ2v) is 3.56. The van der Waals surface area contributed by atoms with Crippen molar-refractivity contribution in [1.82, 2.24) is 4.57 Å². The number of hydrogen-bond acceptors (Lipinski definition) is 5. The van der Waals surface area contributed by atoms with Gasteiger partial charge in [-0.15, -0.1) is 0 Å². The van der Waals surface area contributed by atoms with Crippen LogP contribution in [0.25, 0.3) is 0 Å². The normalized spacial score (nSPS) is 12.0. The molecule has 6 nitrogen and oxygen atoms in total. The second kappa shape index (κ2) is 5.49. The second-order valence-electron chi connectivity index (χ2n) is 3.56. The number of ether oxygens (including phenoxy) is 2. The molecular weight excluding hydrogens is 226 g/mol. The first-order valence-electron chi connectivity index (χ1n) is 4.99. The highest BCUT2D eigenvalue weighted by Gasteiger charge is 2.18. The molecule has 94 valence electrons. The van der Waals surface area contributed by atoms with Gasteiger partial charge in [-0.3, -0.25) is 4.79 Å². The molecule has 0 unspecified atom stereocenters. The minimum absolute atomic E-state index is 0.152. The van der Waals surface area contributed by atoms with Gasteiger partial charge in [0, 0.05) is 13.2 Å². The van der Waals surface area contributed by atoms with E-state index in [1.54, 1.807) is 13.2 Å². The highest BCUT2D eigenvalue weighted by molar-refractivity contribution is 5.88. The lowest BCUT2D eigenvalue weighted by Gasteiger charge is -2.06. The average molecular weight is 241 g/mol. The molecule has 0 spiro atoms. The maximum atomic E-state index is 11.3. The highest BCUT2D eigenvalue weighted by atomic mass is 16.5. The molecule has 1 aromatic heterocycles. The van der Waals surface area contributed by atoms with Crippen LogP contribution in [0.2, 0.25) is 0 Å². The van der Waals surface area contributed by atoms with Crippen molar-refractivity contribution in [1.29, 1.82) is 0 Å². The molecule has 1 rings (SSSR count). The number of hydrogen-bond donors (Lipinski definition) is 1. The number of esters is 2. The quantitative estimate of drug-likeness (QED) is 0.772. The van der Waals surface area contributed by atoms with Crippen LogP contribution in [0.3, 0.4) is 0 Å². The zero-order chi connectivity index (χ0) is 13.0. The van der Waals surface area contributed by atoms with Crippen LogP contribution in [0.15, 0.2) is 12.3 Å². The number of aliphatic hydroxyl groups is 1. The fraction of sp³-hybridized carbons (Fsp3) is 0.455. The first kappa shape index (κ1) is 13.2. The summed E-state index contributed by atoms with van der Waals surface area (Å²) in [5.41, 5.74) is 0.782. The molecule has 0 aliphatic rings. The van der Waals surface area contributed by atoms with Gasteiger partial charge in [0.15, 0.2) is 0 Å². The van der Waals surface area contributed by atoms with E-state index >= 15 is 0 Å². The van der Waals surface area contributed by atoms with Crippen molar-refractivity contribution in [3.05, 3.63) is 23.5 Å². The Balaban J connectivity index is 2.85. The van der Waals surface area contributed by atoms with Crippen LogP contribution in [-0.4, -0.2) is 35.8 Å². The molecule has 0 aromatic carbocycles. The molecule has 0 bridgehead atoms. The van der Waals surface area contributed by atoms with E-state index in [2.05, 4.69) is 9.47 Å². The molecule has 17 heavy (non-hydrogen) atoms. The number of carbonyl (C=O) groups is 2. The maximum Gasteiger partial charge on any atom is 0.354 e. The summed E-state index contributed by atoms with van der Waals surface area (Å²) in [6.07, 6.45) is 0.424. The van der Waals surface area contributed by atoms with E-state index in [1.807, 2.05) is 0 Å². The summed E-state index contributed by atoms with van der Waals surface area (Å²) in [6, 6.07) is 1.49. The zero-order valence-electron chi connectivity index (χ0n) is 9.97. The molecule has 6 heteroatoms. The molecule has 0 saturated heterocycles. The Bertz CT molecular complexity index is 423. The van der Waals surface area contributed by atoms with Gasteiger partial charge in [-0.2, -0.15) is 0 Å². The van der Waals surface area contributed by atoms with Gasteiger partial charge in [0.25, 0.3) is 0 Å². The van der Waals surface area contributed by atoms with E-state index in [1.165, 1.54) is 24.9 Å². The van der Waals surface area contributed by atoms with E-state index in [9.17, 15) is 14.7 Å². The Hall–Kier alpha value is -1.82. The molecule has 0 aliphatic carbocycles. The predicted octanol–water partition coefficient (Wildman–Crippen LogP) is 0.408. The van der Waals surface area contributed by atoms with Crippen molar-refractivity contribution in [2.75, 3.05) is 14.2 Å². The first-order chi connectivity index (χ1) is 7.99. The van der Waals surface area contributed by atoms with Gasteiger partial charge in [0.1, 0.15) is 5.69 Å². The lowest BCUT2D eigenvalue weighted by molar-refractivity contribution is -0.142. The summed E-state index contributed by atoms with van der Waals surface area (Å²) in [5, 5.41) is 9.75. The third-order valence-corrected chi connectivity index (χ3v) is 2.39. The monoisotopic (exact) mass is 241 g/mol. The van der Waals surface area contributed by atoms with Crippen molar-refractivity contribution in [3.63, 3.8) is 0 Å². The van der Waals surface area contributed by atoms with Gasteiger partial charge in [-0.25, -0.2) is 4.79 Å². The van der Waals surface area contributed by atoms with Gasteiger partial charge in [-0.1, -0.05) is 0 Å². The third-order valence-electron chi connectivity index (χ3n) is 2.39. The first-order valence-corrected chi connectivity index (χ1v) is 4.99. The van der Waals surface area contributed by atoms with Crippen molar-refractivity contribution >= 4 is 11.9 Å². The van der Waals surface area contributed by atoms with Crippen LogP contribution in [-0.2, 0) is 21.3 Å². The molecule has 0 saturated carbocycles. The fourth-order valence-corrected chi connectivity index (χ4v) is 1.44. The molecule has 0 aliphatic heterocycles. The van der Waals surface area contributed by atoms with Crippen molar-refractivity contribution in [3.8, 4) is 0 Å². The summed E-state index contributed by atoms with van der Waals surface area (Å²) < 4.78 is 10.6. The Kier molecular flexibility index (Phi) is 4.28. The van der Waals surface area contributed by atoms with Crippen LogP contribution < -0.4 is 0 Å². The number of aromatic nitrogens is 1. The van der Waals surface area contributed by atoms with Crippen molar-refractivity contribution in [2.24, 2.45) is 7.05 Å². The predicted molar refractivity (Wildman–Crippen MR) is 58.3 cm³/mol. The number of methoxy groups -OCH3 is 2. The molecule has 1 heterocycles. The molecule has 0 radical (unpaired) electrons. The summed E-state index contributed by atoms with van der Waals surface area (Å²) in [4.78, 5) is 22.3. The van der Waals surface area contributed by atoms with Crippen LogP contribution in [0, 0.1) is 0 Å². The lowest BCUT2D eigenvalue weighted by Crippen LogP contribution is -2.07. The molecule has 1 N–H and O–H groups in total. The topological polar surface area (TPSA) is 77.8 Å². The average Bonchev–Trinajstić information content (AvgIpc) is 2.70. The molecule has 0 fully saturated rings. The maximum absolute atomic E-state index is 11.3. The zero-order valence-corrected chi connectivity index (χ0v) is 9.97. The smallest absolute Gasteiger partial charge is 0.354 e. The Morgan fingerprint density at radius 3 is 2.59 bits per heavy atom. The summed E-state index contributed by atoms with van der Waals surface area (Å²) in [5.74, 6) is -1.01. The van der Waals surface area contributed by atoms with Gasteiger partial charge < -0.3 is 19.1 Å². The third kappa shape index (κ3) is 3.07. The summed E-state index contributed by atoms with van der Waals surface area (Å²) in [6.45, 7) is 0. The Labute approximate surface area is 98.7 Å². The van der Waals surface area contributed by atoms with E-state index in [4.69, 9.17) is 0 Å². The lowest BCUT2D eigenvalue weighted by atomic mass is 10.1. The Morgan fingerprint density at radius 2 is 2.06 bits per heavy atom. The number of rotatable bonds is 4. The van der Waals surface area contributed by atoms with Gasteiger partial charge in [-0.05, 0) is 11.6 Å². The van der Waals surface area contributed by atoms with Crippen molar-refractivity contribution in [2.45, 2.75) is 12.5 Å². The molecular formula is C11H15NO5. The largest absolute Gasteiger partial charge is 0.469 e. The van der Waals surface area contributed by atoms with Gasteiger partial charge >= 0.3 is 11.9 Å². The number of carbonyl (C=O) groups excluding carboxylic acids is 2. The van der Waals surface area contributed by atoms with Crippen LogP contribution in [0.1, 0.15) is 28.6 Å². The van der Waals surface area contributed by atoms with Gasteiger partial charge in [0.2, 0.25) is 0 Å². The van der Waals surface area contributed by atoms with Crippen LogP contribution in [0.4, 0.5) is 0 Å². The van der Waals surface area contributed by atoms with Gasteiger partial charge in [0.05, 0.1) is 26.7 Å². The van der Waals surface area contributed by atoms with E-state index in [-0.39, 0.29) is 6.42 Å².